The Bertz CT molecular complexity index is 1070. The molecule has 1 aliphatic heterocycles. The molecule has 1 amide bonds. The predicted octanol–water partition coefficient (Wildman–Crippen LogP) is 5.17. The minimum atomic E-state index is -4.34. The van der Waals surface area contributed by atoms with Crippen LogP contribution >= 0.6 is 0 Å². The maximum Gasteiger partial charge on any atom is 0.416 e. The zero-order valence-corrected chi connectivity index (χ0v) is 17.1. The number of anilines is 1. The molecule has 2 aromatic carbocycles. The number of carbonyl (C=O) groups is 1. The molecule has 1 aliphatic rings. The van der Waals surface area contributed by atoms with E-state index in [9.17, 15) is 18.0 Å². The van der Waals surface area contributed by atoms with Crippen molar-refractivity contribution in [3.8, 4) is 5.75 Å². The van der Waals surface area contributed by atoms with Gasteiger partial charge in [-0.3, -0.25) is 4.79 Å². The molecule has 3 aromatic rings. The highest BCUT2D eigenvalue weighted by atomic mass is 19.4. The number of ether oxygens (including phenoxy) is 2. The average Bonchev–Trinajstić information content (AvgIpc) is 3.09. The van der Waals surface area contributed by atoms with E-state index in [0.29, 0.717) is 24.5 Å². The maximum absolute atomic E-state index is 12.7. The fraction of sp³-hybridized carbons (Fsp3) is 0.348. The number of fused-ring (bicyclic) bond motifs is 1. The Kier molecular flexibility index (Phi) is 5.66. The molecule has 0 aliphatic carbocycles. The quantitative estimate of drug-likeness (QED) is 0.565. The average molecular weight is 432 g/mol. The molecular weight excluding hydrogens is 409 g/mol. The van der Waals surface area contributed by atoms with Crippen LogP contribution in [0, 0.1) is 5.92 Å². The van der Waals surface area contributed by atoms with Crippen LogP contribution in [0.5, 0.6) is 5.75 Å². The first kappa shape index (κ1) is 21.2. The van der Waals surface area contributed by atoms with Crippen molar-refractivity contribution < 1.29 is 27.4 Å². The van der Waals surface area contributed by atoms with Gasteiger partial charge in [0.05, 0.1) is 36.0 Å². The van der Waals surface area contributed by atoms with Crippen molar-refractivity contribution in [2.45, 2.75) is 38.7 Å². The molecule has 0 bridgehead atoms. The van der Waals surface area contributed by atoms with Crippen LogP contribution in [0.15, 0.2) is 48.7 Å². The predicted molar refractivity (Wildman–Crippen MR) is 111 cm³/mol. The molecule has 0 saturated carbocycles. The number of hydrogen-bond donors (Lipinski definition) is 2. The molecule has 2 unspecified atom stereocenters. The zero-order chi connectivity index (χ0) is 22.2. The van der Waals surface area contributed by atoms with Crippen LogP contribution in [0.1, 0.15) is 25.0 Å². The Hall–Kier alpha value is -3.00. The van der Waals surface area contributed by atoms with Gasteiger partial charge in [0, 0.05) is 23.5 Å². The number of aromatic nitrogens is 1. The van der Waals surface area contributed by atoms with E-state index < -0.39 is 11.7 Å². The second-order valence-electron chi connectivity index (χ2n) is 7.76. The van der Waals surface area contributed by atoms with Crippen LogP contribution in [-0.2, 0) is 22.1 Å². The summed E-state index contributed by atoms with van der Waals surface area (Å²) in [5.74, 6) is 0.345. The molecule has 1 fully saturated rings. The Balaban J connectivity index is 1.39. The number of hydrogen-bond acceptors (Lipinski definition) is 3. The van der Waals surface area contributed by atoms with Gasteiger partial charge in [0.25, 0.3) is 0 Å². The first-order valence-corrected chi connectivity index (χ1v) is 10.1. The van der Waals surface area contributed by atoms with Gasteiger partial charge in [0.2, 0.25) is 5.91 Å². The Morgan fingerprint density at radius 3 is 2.48 bits per heavy atom. The number of rotatable bonds is 6. The third-order valence-corrected chi connectivity index (χ3v) is 5.60. The largest absolute Gasteiger partial charge is 0.493 e. The molecule has 2 atom stereocenters. The van der Waals surface area contributed by atoms with E-state index in [-0.39, 0.29) is 24.0 Å². The molecule has 4 rings (SSSR count). The number of H-pyrrole nitrogens is 1. The summed E-state index contributed by atoms with van der Waals surface area (Å²) in [6.07, 6.45) is -2.34. The second kappa shape index (κ2) is 8.26. The minimum absolute atomic E-state index is 0.0826. The smallest absolute Gasteiger partial charge is 0.416 e. The van der Waals surface area contributed by atoms with Gasteiger partial charge in [-0.15, -0.1) is 0 Å². The summed E-state index contributed by atoms with van der Waals surface area (Å²) in [6.45, 7) is 4.07. The SMILES string of the molecule is CC1OC(C)C1C(=O)Nc1c[nH]c2ccc(OCCc3ccc(C(F)(F)F)cc3)cc12. The lowest BCUT2D eigenvalue weighted by Gasteiger charge is -2.39. The topological polar surface area (TPSA) is 63.3 Å². The standard InChI is InChI=1S/C23H23F3N2O3/c1-13-21(14(2)31-13)22(29)28-20-12-27-19-8-7-17(11-18(19)20)30-10-9-15-3-5-16(6-4-15)23(24,25)26/h3-8,11-14,21,27H,9-10H2,1-2H3,(H,28,29). The van der Waals surface area contributed by atoms with E-state index in [1.165, 1.54) is 12.1 Å². The van der Waals surface area contributed by atoms with Crippen LogP contribution in [-0.4, -0.2) is 29.7 Å². The van der Waals surface area contributed by atoms with Gasteiger partial charge in [-0.25, -0.2) is 0 Å². The Morgan fingerprint density at radius 1 is 1.13 bits per heavy atom. The van der Waals surface area contributed by atoms with Crippen molar-refractivity contribution in [3.63, 3.8) is 0 Å². The van der Waals surface area contributed by atoms with E-state index in [0.717, 1.165) is 28.6 Å². The van der Waals surface area contributed by atoms with Gasteiger partial charge in [0.1, 0.15) is 5.75 Å². The minimum Gasteiger partial charge on any atom is -0.493 e. The maximum atomic E-state index is 12.7. The number of halogens is 3. The fourth-order valence-electron chi connectivity index (χ4n) is 3.88. The number of aromatic amines is 1. The third kappa shape index (κ3) is 4.54. The summed E-state index contributed by atoms with van der Waals surface area (Å²) >= 11 is 0. The highest BCUT2D eigenvalue weighted by Crippen LogP contribution is 2.32. The van der Waals surface area contributed by atoms with Gasteiger partial charge in [-0.1, -0.05) is 12.1 Å². The number of amides is 1. The van der Waals surface area contributed by atoms with E-state index in [2.05, 4.69) is 10.3 Å². The van der Waals surface area contributed by atoms with Gasteiger partial charge >= 0.3 is 6.18 Å². The molecule has 5 nitrogen and oxygen atoms in total. The fourth-order valence-corrected chi connectivity index (χ4v) is 3.88. The molecule has 0 radical (unpaired) electrons. The summed E-state index contributed by atoms with van der Waals surface area (Å²) in [4.78, 5) is 15.7. The summed E-state index contributed by atoms with van der Waals surface area (Å²) in [5.41, 5.74) is 1.62. The van der Waals surface area contributed by atoms with Gasteiger partial charge < -0.3 is 19.8 Å². The van der Waals surface area contributed by atoms with Gasteiger partial charge in [0.15, 0.2) is 0 Å². The summed E-state index contributed by atoms with van der Waals surface area (Å²) < 4.78 is 49.2. The molecule has 8 heteroatoms. The number of carbonyl (C=O) groups excluding carboxylic acids is 1. The van der Waals surface area contributed by atoms with Crippen molar-refractivity contribution >= 4 is 22.5 Å². The monoisotopic (exact) mass is 432 g/mol. The van der Waals surface area contributed by atoms with Crippen molar-refractivity contribution in [1.82, 2.24) is 4.98 Å². The van der Waals surface area contributed by atoms with Crippen molar-refractivity contribution in [2.75, 3.05) is 11.9 Å². The summed E-state index contributed by atoms with van der Waals surface area (Å²) in [7, 11) is 0. The number of benzene rings is 2. The highest BCUT2D eigenvalue weighted by Gasteiger charge is 2.41. The van der Waals surface area contributed by atoms with E-state index in [1.807, 2.05) is 26.0 Å². The van der Waals surface area contributed by atoms with E-state index in [1.54, 1.807) is 12.3 Å². The summed E-state index contributed by atoms with van der Waals surface area (Å²) in [5, 5.41) is 3.78. The van der Waals surface area contributed by atoms with Gasteiger partial charge in [-0.05, 0) is 49.7 Å². The lowest BCUT2D eigenvalue weighted by Crippen LogP contribution is -2.51. The van der Waals surface area contributed by atoms with Crippen LogP contribution < -0.4 is 10.1 Å². The van der Waals surface area contributed by atoms with Gasteiger partial charge in [-0.2, -0.15) is 13.2 Å². The van der Waals surface area contributed by atoms with Crippen LogP contribution in [0.25, 0.3) is 10.9 Å². The molecule has 1 saturated heterocycles. The molecule has 1 aromatic heterocycles. The van der Waals surface area contributed by atoms with Crippen LogP contribution in [0.3, 0.4) is 0 Å². The lowest BCUT2D eigenvalue weighted by molar-refractivity contribution is -0.175. The van der Waals surface area contributed by atoms with E-state index in [4.69, 9.17) is 9.47 Å². The molecule has 2 heterocycles. The number of nitrogens with one attached hydrogen (secondary N) is 2. The summed E-state index contributed by atoms with van der Waals surface area (Å²) in [6, 6.07) is 10.6. The lowest BCUT2D eigenvalue weighted by atomic mass is 9.90. The molecule has 0 spiro atoms. The molecular formula is C23H23F3N2O3. The number of alkyl halides is 3. The first-order valence-electron chi connectivity index (χ1n) is 10.1. The third-order valence-electron chi connectivity index (χ3n) is 5.60. The Morgan fingerprint density at radius 2 is 1.84 bits per heavy atom. The second-order valence-corrected chi connectivity index (χ2v) is 7.76. The van der Waals surface area contributed by atoms with Crippen LogP contribution in [0.4, 0.5) is 18.9 Å². The molecule has 31 heavy (non-hydrogen) atoms. The normalized spacial score (nSPS) is 21.0. The van der Waals surface area contributed by atoms with E-state index >= 15 is 0 Å². The molecule has 2 N–H and O–H groups in total. The Labute approximate surface area is 177 Å². The van der Waals surface area contributed by atoms with Crippen molar-refractivity contribution in [2.24, 2.45) is 5.92 Å². The first-order chi connectivity index (χ1) is 14.7. The van der Waals surface area contributed by atoms with Crippen molar-refractivity contribution in [1.29, 1.82) is 0 Å². The zero-order valence-electron chi connectivity index (χ0n) is 17.1. The van der Waals surface area contributed by atoms with Crippen molar-refractivity contribution in [3.05, 3.63) is 59.8 Å². The highest BCUT2D eigenvalue weighted by molar-refractivity contribution is 6.03. The molecule has 164 valence electrons. The van der Waals surface area contributed by atoms with Crippen LogP contribution in [0.2, 0.25) is 0 Å².